The molecule has 4 nitrogen and oxygen atoms in total. The van der Waals surface area contributed by atoms with Gasteiger partial charge in [0.15, 0.2) is 0 Å². The fraction of sp³-hybridized carbons (Fsp3) is 1.00. The molecule has 0 bridgehead atoms. The Morgan fingerprint density at radius 1 is 1.29 bits per heavy atom. The summed E-state index contributed by atoms with van der Waals surface area (Å²) in [6.45, 7) is 1.12. The first-order chi connectivity index (χ1) is 2.94. The van der Waals surface area contributed by atoms with Gasteiger partial charge in [-0.25, -0.2) is 0 Å². The predicted molar refractivity (Wildman–Crippen MR) is 26.7 cm³/mol. The van der Waals surface area contributed by atoms with Crippen LogP contribution in [0.4, 0.5) is 0 Å². The van der Waals surface area contributed by atoms with Crippen molar-refractivity contribution in [1.29, 1.82) is 0 Å². The van der Waals surface area contributed by atoms with E-state index in [1.807, 2.05) is 0 Å². The second-order valence-electron chi connectivity index (χ2n) is 1.36. The third-order valence-electron chi connectivity index (χ3n) is 0.561. The Kier molecular flexibility index (Phi) is 2.10. The van der Waals surface area contributed by atoms with Gasteiger partial charge >= 0.3 is 40.5 Å². The standard InChI is InChI=1S/C2H9O4P/c1-2(3)7(4,5)6/h2-7H,1H3. The Labute approximate surface area is 41.6 Å². The van der Waals surface area contributed by atoms with Gasteiger partial charge in [0.1, 0.15) is 0 Å². The maximum atomic E-state index is 8.20. The molecule has 0 aromatic heterocycles. The van der Waals surface area contributed by atoms with Gasteiger partial charge in [-0.05, 0) is 0 Å². The molecule has 0 saturated heterocycles. The predicted octanol–water partition coefficient (Wildman–Crippen LogP) is -1.20. The number of rotatable bonds is 1. The molecule has 1 atom stereocenters. The zero-order chi connectivity index (χ0) is 6.08. The molecule has 0 aromatic rings. The number of aliphatic hydroxyl groups is 1. The van der Waals surface area contributed by atoms with Gasteiger partial charge in [0.05, 0.1) is 0 Å². The van der Waals surface area contributed by atoms with E-state index < -0.39 is 13.8 Å². The fourth-order valence-electron chi connectivity index (χ4n) is 0. The van der Waals surface area contributed by atoms with Crippen LogP contribution in [0, 0.1) is 0 Å². The maximum absolute atomic E-state index is 8.20. The molecule has 0 aliphatic heterocycles. The van der Waals surface area contributed by atoms with E-state index in [-0.39, 0.29) is 0 Å². The Hall–Kier alpha value is 0.270. The molecule has 0 rings (SSSR count). The molecule has 1 unspecified atom stereocenters. The van der Waals surface area contributed by atoms with Gasteiger partial charge in [-0.3, -0.25) is 0 Å². The van der Waals surface area contributed by atoms with Crippen LogP contribution in [0.15, 0.2) is 0 Å². The first-order valence-electron chi connectivity index (χ1n) is 1.80. The van der Waals surface area contributed by atoms with Crippen molar-refractivity contribution in [2.75, 3.05) is 0 Å². The zero-order valence-corrected chi connectivity index (χ0v) is 4.87. The summed E-state index contributed by atoms with van der Waals surface area (Å²) in [6, 6.07) is 0. The van der Waals surface area contributed by atoms with Crippen LogP contribution in [0.2, 0.25) is 0 Å². The van der Waals surface area contributed by atoms with Gasteiger partial charge in [-0.2, -0.15) is 0 Å². The van der Waals surface area contributed by atoms with Gasteiger partial charge in [0.25, 0.3) is 0 Å². The Morgan fingerprint density at radius 3 is 1.43 bits per heavy atom. The van der Waals surface area contributed by atoms with Gasteiger partial charge in [-0.1, -0.05) is 0 Å². The summed E-state index contributed by atoms with van der Waals surface area (Å²) in [5.74, 6) is -1.40. The molecule has 0 radical (unpaired) electrons. The summed E-state index contributed by atoms with van der Waals surface area (Å²) in [6.07, 6.45) is 0. The van der Waals surface area contributed by atoms with Crippen molar-refractivity contribution in [1.82, 2.24) is 0 Å². The summed E-state index contributed by atoms with van der Waals surface area (Å²) < 4.78 is 0. The van der Waals surface area contributed by atoms with Crippen LogP contribution < -0.4 is 0 Å². The van der Waals surface area contributed by atoms with E-state index in [0.717, 1.165) is 6.92 Å². The average molecular weight is 128 g/mol. The van der Waals surface area contributed by atoms with Crippen molar-refractivity contribution in [3.63, 3.8) is 0 Å². The summed E-state index contributed by atoms with van der Waals surface area (Å²) in [5.41, 5.74) is 0. The molecular formula is C2H9O4P. The minimum absolute atomic E-state index is 1.12. The molecule has 0 aromatic carbocycles. The monoisotopic (exact) mass is 128 g/mol. The zero-order valence-electron chi connectivity index (χ0n) is 3.87. The topological polar surface area (TPSA) is 80.9 Å². The Bertz CT molecular complexity index is 55.2. The van der Waals surface area contributed by atoms with Crippen molar-refractivity contribution in [2.45, 2.75) is 12.8 Å². The molecule has 0 amide bonds. The van der Waals surface area contributed by atoms with Crippen LogP contribution in [0.5, 0.6) is 0 Å². The van der Waals surface area contributed by atoms with Crippen LogP contribution in [-0.4, -0.2) is 25.6 Å². The fourth-order valence-corrected chi connectivity index (χ4v) is 0. The van der Waals surface area contributed by atoms with E-state index in [4.69, 9.17) is 19.8 Å². The quantitative estimate of drug-likeness (QED) is 0.334. The van der Waals surface area contributed by atoms with Crippen molar-refractivity contribution < 1.29 is 19.8 Å². The average Bonchev–Trinajstić information content (AvgIpc) is 1.31. The van der Waals surface area contributed by atoms with Crippen LogP contribution >= 0.6 is 7.94 Å². The molecule has 5 heteroatoms. The molecule has 0 fully saturated rings. The molecule has 46 valence electrons. The number of hydrogen-bond donors (Lipinski definition) is 4. The Morgan fingerprint density at radius 2 is 1.43 bits per heavy atom. The summed E-state index contributed by atoms with van der Waals surface area (Å²) in [7, 11) is -4.18. The van der Waals surface area contributed by atoms with E-state index in [0.29, 0.717) is 0 Å². The summed E-state index contributed by atoms with van der Waals surface area (Å²) in [5, 5.41) is 8.20. The summed E-state index contributed by atoms with van der Waals surface area (Å²) >= 11 is 0. The molecule has 0 aliphatic rings. The number of hydrogen-bond acceptors (Lipinski definition) is 4. The molecule has 0 saturated carbocycles. The van der Waals surface area contributed by atoms with E-state index in [1.165, 1.54) is 0 Å². The van der Waals surface area contributed by atoms with Crippen molar-refractivity contribution in [3.05, 3.63) is 0 Å². The van der Waals surface area contributed by atoms with E-state index in [9.17, 15) is 0 Å². The van der Waals surface area contributed by atoms with Gasteiger partial charge in [-0.15, -0.1) is 0 Å². The van der Waals surface area contributed by atoms with E-state index >= 15 is 0 Å². The molecule has 0 heterocycles. The van der Waals surface area contributed by atoms with Crippen molar-refractivity contribution in [2.24, 2.45) is 0 Å². The number of aliphatic hydroxyl groups excluding tert-OH is 1. The van der Waals surface area contributed by atoms with Crippen molar-refractivity contribution >= 4 is 7.94 Å². The van der Waals surface area contributed by atoms with Crippen LogP contribution in [0.25, 0.3) is 0 Å². The normalized spacial score (nSPS) is 19.0. The van der Waals surface area contributed by atoms with Crippen LogP contribution in [-0.2, 0) is 0 Å². The Balaban J connectivity index is 3.54. The molecule has 0 aliphatic carbocycles. The van der Waals surface area contributed by atoms with Gasteiger partial charge in [0, 0.05) is 0 Å². The van der Waals surface area contributed by atoms with Crippen molar-refractivity contribution in [3.8, 4) is 0 Å². The SMILES string of the molecule is CC(O)[PH](O)(O)O. The van der Waals surface area contributed by atoms with E-state index in [1.54, 1.807) is 0 Å². The summed E-state index contributed by atoms with van der Waals surface area (Å²) in [4.78, 5) is 24.3. The molecular weight excluding hydrogens is 119 g/mol. The minimum atomic E-state index is -4.18. The molecule has 0 spiro atoms. The van der Waals surface area contributed by atoms with Crippen LogP contribution in [0.1, 0.15) is 6.92 Å². The third-order valence-corrected chi connectivity index (χ3v) is 1.68. The first-order valence-corrected chi connectivity index (χ1v) is 3.71. The molecule has 7 heavy (non-hydrogen) atoms. The second-order valence-corrected chi connectivity index (χ2v) is 3.57. The van der Waals surface area contributed by atoms with E-state index in [2.05, 4.69) is 0 Å². The van der Waals surface area contributed by atoms with Gasteiger partial charge in [0.2, 0.25) is 0 Å². The van der Waals surface area contributed by atoms with Crippen LogP contribution in [0.3, 0.4) is 0 Å². The second kappa shape index (κ2) is 2.03. The van der Waals surface area contributed by atoms with Gasteiger partial charge < -0.3 is 0 Å². The third kappa shape index (κ3) is 2.91. The first kappa shape index (κ1) is 7.27. The molecule has 4 N–H and O–H groups in total.